The van der Waals surface area contributed by atoms with E-state index in [9.17, 15) is 22.8 Å². The summed E-state index contributed by atoms with van der Waals surface area (Å²) in [5.74, 6) is 0.765. The van der Waals surface area contributed by atoms with Gasteiger partial charge in [-0.15, -0.1) is 0 Å². The van der Waals surface area contributed by atoms with Gasteiger partial charge in [-0.3, -0.25) is 15.1 Å². The number of amides is 2. The molecule has 5 rings (SSSR count). The zero-order valence-electron chi connectivity index (χ0n) is 25.5. The number of carbonyl (C=O) groups excluding carboxylic acids is 2. The molecule has 3 unspecified atom stereocenters. The summed E-state index contributed by atoms with van der Waals surface area (Å²) in [6.07, 6.45) is -5.51. The van der Waals surface area contributed by atoms with Gasteiger partial charge in [0.05, 0.1) is 19.9 Å². The topological polar surface area (TPSA) is 95.9 Å². The van der Waals surface area contributed by atoms with Gasteiger partial charge in [-0.25, -0.2) is 4.79 Å². The van der Waals surface area contributed by atoms with Crippen LogP contribution in [0.4, 0.5) is 18.0 Å². The third kappa shape index (κ3) is 6.72. The zero-order valence-corrected chi connectivity index (χ0v) is 25.5. The van der Waals surface area contributed by atoms with Crippen LogP contribution in [-0.4, -0.2) is 96.9 Å². The Kier molecular flexibility index (Phi) is 8.70. The Bertz CT molecular complexity index is 1400. The van der Waals surface area contributed by atoms with Gasteiger partial charge in [0, 0.05) is 44.2 Å². The average molecular weight is 618 g/mol. The highest BCUT2D eigenvalue weighted by Gasteiger charge is 2.52. The van der Waals surface area contributed by atoms with E-state index >= 15 is 0 Å². The summed E-state index contributed by atoms with van der Waals surface area (Å²) in [5.41, 5.74) is 1.68. The predicted octanol–water partition coefficient (Wildman–Crippen LogP) is 4.80. The number of nitrogens with zero attached hydrogens (tertiary/aromatic N) is 4. The van der Waals surface area contributed by atoms with Crippen LogP contribution < -0.4 is 14.8 Å². The monoisotopic (exact) mass is 617 g/mol. The Hall–Kier alpha value is -4.00. The lowest BCUT2D eigenvalue weighted by Crippen LogP contribution is -2.57. The normalized spacial score (nSPS) is 22.3. The number of fused-ring (bicyclic) bond motifs is 1. The van der Waals surface area contributed by atoms with E-state index in [-0.39, 0.29) is 18.7 Å². The molecule has 2 fully saturated rings. The maximum atomic E-state index is 14.3. The first-order valence-electron chi connectivity index (χ1n) is 14.6. The molecule has 0 aliphatic carbocycles. The molecule has 10 nitrogen and oxygen atoms in total. The van der Waals surface area contributed by atoms with Gasteiger partial charge in [-0.2, -0.15) is 18.3 Å². The molecular formula is C31H38F3N5O5. The summed E-state index contributed by atoms with van der Waals surface area (Å²) in [5, 5.41) is 8.87. The Morgan fingerprint density at radius 2 is 1.55 bits per heavy atom. The number of nitrogens with one attached hydrogen (secondary N) is 1. The first kappa shape index (κ1) is 31.4. The summed E-state index contributed by atoms with van der Waals surface area (Å²) < 4.78 is 58.9. The lowest BCUT2D eigenvalue weighted by molar-refractivity contribution is -0.202. The highest BCUT2D eigenvalue weighted by Crippen LogP contribution is 2.41. The SMILES string of the molecule is COc1ccc(C2CC(C(F)(F)F)N3N=C(c4ccc(C(=O)N5CCN(C(=O)OC(C)(C)C)CC5)cc4)CC3N2)cc1OC. The minimum atomic E-state index is -4.49. The third-order valence-corrected chi connectivity index (χ3v) is 7.99. The number of alkyl halides is 3. The molecule has 0 radical (unpaired) electrons. The van der Waals surface area contributed by atoms with Crippen molar-refractivity contribution < 1.29 is 37.0 Å². The summed E-state index contributed by atoms with van der Waals surface area (Å²) >= 11 is 0. The van der Waals surface area contributed by atoms with Gasteiger partial charge in [0.1, 0.15) is 17.8 Å². The van der Waals surface area contributed by atoms with Crippen LogP contribution in [0.1, 0.15) is 61.1 Å². The van der Waals surface area contributed by atoms with Crippen LogP contribution >= 0.6 is 0 Å². The Morgan fingerprint density at radius 1 is 0.909 bits per heavy atom. The molecule has 0 aromatic heterocycles. The number of hydrazone groups is 1. The molecule has 2 amide bonds. The highest BCUT2D eigenvalue weighted by molar-refractivity contribution is 6.03. The molecule has 0 spiro atoms. The summed E-state index contributed by atoms with van der Waals surface area (Å²) in [4.78, 5) is 28.8. The zero-order chi connectivity index (χ0) is 31.8. The van der Waals surface area contributed by atoms with Crippen LogP contribution in [0.2, 0.25) is 0 Å². The van der Waals surface area contributed by atoms with Gasteiger partial charge in [0.2, 0.25) is 0 Å². The second-order valence-corrected chi connectivity index (χ2v) is 12.1. The number of rotatable bonds is 5. The van der Waals surface area contributed by atoms with E-state index in [0.29, 0.717) is 60.1 Å². The van der Waals surface area contributed by atoms with E-state index in [1.54, 1.807) is 73.0 Å². The highest BCUT2D eigenvalue weighted by atomic mass is 19.4. The summed E-state index contributed by atoms with van der Waals surface area (Å²) in [6.45, 7) is 6.88. The average Bonchev–Trinajstić information content (AvgIpc) is 3.43. The van der Waals surface area contributed by atoms with Gasteiger partial charge in [-0.1, -0.05) is 18.2 Å². The molecule has 3 aliphatic rings. The van der Waals surface area contributed by atoms with Crippen LogP contribution in [0.3, 0.4) is 0 Å². The molecule has 3 aliphatic heterocycles. The maximum Gasteiger partial charge on any atom is 0.410 e. The Morgan fingerprint density at radius 3 is 2.14 bits per heavy atom. The smallest absolute Gasteiger partial charge is 0.410 e. The van der Waals surface area contributed by atoms with Gasteiger partial charge in [0.15, 0.2) is 11.5 Å². The fourth-order valence-corrected chi connectivity index (χ4v) is 5.75. The van der Waals surface area contributed by atoms with Gasteiger partial charge < -0.3 is 24.0 Å². The summed E-state index contributed by atoms with van der Waals surface area (Å²) in [6, 6.07) is 9.54. The standard InChI is InChI=1S/C31H38F3N5O5/c1-30(2,3)44-29(41)38-14-12-37(13-15-38)28(40)20-8-6-19(7-9-20)23-18-27-35-22(17-26(31(32,33)34)39(27)36-23)21-10-11-24(42-4)25(16-21)43-5/h6-11,16,22,26-27,35H,12-15,17-18H2,1-5H3. The van der Waals surface area contributed by atoms with Crippen molar-refractivity contribution >= 4 is 17.7 Å². The molecule has 238 valence electrons. The molecule has 1 N–H and O–H groups in total. The number of hydrogen-bond donors (Lipinski definition) is 1. The number of ether oxygens (including phenoxy) is 3. The molecular weight excluding hydrogens is 579 g/mol. The van der Waals surface area contributed by atoms with Crippen molar-refractivity contribution in [3.63, 3.8) is 0 Å². The van der Waals surface area contributed by atoms with Crippen molar-refractivity contribution in [2.45, 2.75) is 63.6 Å². The third-order valence-electron chi connectivity index (χ3n) is 7.99. The van der Waals surface area contributed by atoms with E-state index in [1.165, 1.54) is 14.2 Å². The molecule has 2 aromatic carbocycles. The largest absolute Gasteiger partial charge is 0.493 e. The quantitative estimate of drug-likeness (QED) is 0.515. The van der Waals surface area contributed by atoms with Crippen molar-refractivity contribution in [1.29, 1.82) is 0 Å². The van der Waals surface area contributed by atoms with E-state index in [0.717, 1.165) is 5.01 Å². The second kappa shape index (κ2) is 12.2. The van der Waals surface area contributed by atoms with Crippen molar-refractivity contribution in [1.82, 2.24) is 20.1 Å². The van der Waals surface area contributed by atoms with Crippen LogP contribution in [0.15, 0.2) is 47.6 Å². The second-order valence-electron chi connectivity index (χ2n) is 12.1. The van der Waals surface area contributed by atoms with Crippen LogP contribution in [0.25, 0.3) is 0 Å². The maximum absolute atomic E-state index is 14.3. The Labute approximate surface area is 254 Å². The first-order chi connectivity index (χ1) is 20.8. The van der Waals surface area contributed by atoms with E-state index in [4.69, 9.17) is 14.2 Å². The number of hydrogen-bond acceptors (Lipinski definition) is 8. The van der Waals surface area contributed by atoms with Crippen molar-refractivity contribution in [2.24, 2.45) is 5.10 Å². The lowest BCUT2D eigenvalue weighted by atomic mass is 9.94. The minimum absolute atomic E-state index is 0.178. The molecule has 3 atom stereocenters. The number of benzene rings is 2. The van der Waals surface area contributed by atoms with Crippen LogP contribution in [0, 0.1) is 0 Å². The minimum Gasteiger partial charge on any atom is -0.493 e. The van der Waals surface area contributed by atoms with Crippen molar-refractivity contribution in [2.75, 3.05) is 40.4 Å². The van der Waals surface area contributed by atoms with E-state index in [2.05, 4.69) is 10.4 Å². The number of carbonyl (C=O) groups is 2. The van der Waals surface area contributed by atoms with Crippen molar-refractivity contribution in [3.8, 4) is 11.5 Å². The van der Waals surface area contributed by atoms with Gasteiger partial charge >= 0.3 is 12.3 Å². The molecule has 0 bridgehead atoms. The number of methoxy groups -OCH3 is 2. The molecule has 2 aromatic rings. The number of piperazine rings is 1. The number of halogens is 3. The molecule has 2 saturated heterocycles. The fraction of sp³-hybridized carbons (Fsp3) is 0.516. The molecule has 44 heavy (non-hydrogen) atoms. The Balaban J connectivity index is 1.26. The molecule has 13 heteroatoms. The van der Waals surface area contributed by atoms with Crippen LogP contribution in [0.5, 0.6) is 11.5 Å². The lowest BCUT2D eigenvalue weighted by Gasteiger charge is -2.42. The molecule has 3 heterocycles. The summed E-state index contributed by atoms with van der Waals surface area (Å²) in [7, 11) is 2.99. The van der Waals surface area contributed by atoms with E-state index < -0.39 is 36.1 Å². The van der Waals surface area contributed by atoms with Crippen LogP contribution in [-0.2, 0) is 4.74 Å². The predicted molar refractivity (Wildman–Crippen MR) is 157 cm³/mol. The van der Waals surface area contributed by atoms with E-state index in [1.807, 2.05) is 0 Å². The first-order valence-corrected chi connectivity index (χ1v) is 14.6. The van der Waals surface area contributed by atoms with Gasteiger partial charge in [-0.05, 0) is 62.6 Å². The van der Waals surface area contributed by atoms with Gasteiger partial charge in [0.25, 0.3) is 5.91 Å². The fourth-order valence-electron chi connectivity index (χ4n) is 5.75. The van der Waals surface area contributed by atoms with Crippen molar-refractivity contribution in [3.05, 3.63) is 59.2 Å². The molecule has 0 saturated carbocycles.